The van der Waals surface area contributed by atoms with Crippen LogP contribution in [-0.4, -0.2) is 11.3 Å². The Morgan fingerprint density at radius 1 is 1.22 bits per heavy atom. The van der Waals surface area contributed by atoms with Crippen molar-refractivity contribution in [3.05, 3.63) is 60.1 Å². The van der Waals surface area contributed by atoms with E-state index >= 15 is 0 Å². The number of rotatable bonds is 4. The number of nitrogens with one attached hydrogen (secondary N) is 2. The van der Waals surface area contributed by atoms with Gasteiger partial charge in [0.2, 0.25) is 0 Å². The van der Waals surface area contributed by atoms with Gasteiger partial charge < -0.3 is 9.73 Å². The molecule has 0 amide bonds. The molecule has 0 unspecified atom stereocenters. The van der Waals surface area contributed by atoms with Gasteiger partial charge in [-0.15, -0.1) is 0 Å². The van der Waals surface area contributed by atoms with Gasteiger partial charge >= 0.3 is 0 Å². The van der Waals surface area contributed by atoms with Crippen molar-refractivity contribution < 1.29 is 4.42 Å². The molecule has 0 radical (unpaired) electrons. The van der Waals surface area contributed by atoms with Gasteiger partial charge in [-0.25, -0.2) is 0 Å². The Balaban J connectivity index is 1.73. The van der Waals surface area contributed by atoms with Crippen LogP contribution >= 0.6 is 12.2 Å². The summed E-state index contributed by atoms with van der Waals surface area (Å²) < 4.78 is 5.17. The molecule has 1 aromatic carbocycles. The average Bonchev–Trinajstić information content (AvgIpc) is 2.91. The topological polar surface area (TPSA) is 49.6 Å². The average molecular weight is 259 g/mol. The molecule has 18 heavy (non-hydrogen) atoms. The lowest BCUT2D eigenvalue weighted by Gasteiger charge is -2.04. The van der Waals surface area contributed by atoms with Crippen LogP contribution < -0.4 is 10.7 Å². The third kappa shape index (κ3) is 4.03. The smallest absolute Gasteiger partial charge is 0.187 e. The van der Waals surface area contributed by atoms with Gasteiger partial charge in [0.1, 0.15) is 5.76 Å². The molecule has 0 saturated heterocycles. The lowest BCUT2D eigenvalue weighted by Crippen LogP contribution is -2.31. The number of benzene rings is 1. The molecule has 1 heterocycles. The van der Waals surface area contributed by atoms with Gasteiger partial charge in [0.15, 0.2) is 5.11 Å². The van der Waals surface area contributed by atoms with E-state index in [1.165, 1.54) is 0 Å². The van der Waals surface area contributed by atoms with E-state index in [0.29, 0.717) is 11.7 Å². The summed E-state index contributed by atoms with van der Waals surface area (Å²) in [6, 6.07) is 13.5. The van der Waals surface area contributed by atoms with Crippen LogP contribution in [0.25, 0.3) is 0 Å². The molecule has 0 bridgehead atoms. The lowest BCUT2D eigenvalue weighted by molar-refractivity contribution is 0.502. The molecule has 0 aliphatic carbocycles. The summed E-state index contributed by atoms with van der Waals surface area (Å²) in [7, 11) is 0. The van der Waals surface area contributed by atoms with Gasteiger partial charge in [0.25, 0.3) is 0 Å². The molecule has 2 N–H and O–H groups in total. The Hall–Kier alpha value is -2.14. The monoisotopic (exact) mass is 259 g/mol. The minimum absolute atomic E-state index is 0.457. The zero-order valence-electron chi connectivity index (χ0n) is 9.67. The van der Waals surface area contributed by atoms with Gasteiger partial charge in [0.05, 0.1) is 19.0 Å². The molecule has 0 atom stereocenters. The van der Waals surface area contributed by atoms with Crippen molar-refractivity contribution in [1.29, 1.82) is 0 Å². The second-order valence-corrected chi connectivity index (χ2v) is 3.95. The Labute approximate surface area is 111 Å². The Morgan fingerprint density at radius 2 is 2.06 bits per heavy atom. The number of hydrogen-bond acceptors (Lipinski definition) is 3. The molecule has 4 nitrogen and oxygen atoms in total. The standard InChI is InChI=1S/C13H13N3OS/c18-13(14-10-12-7-4-8-17-12)16-15-9-11-5-2-1-3-6-11/h1-9H,10H2,(H2,14,16,18)/b15-9+. The van der Waals surface area contributed by atoms with E-state index < -0.39 is 0 Å². The summed E-state index contributed by atoms with van der Waals surface area (Å²) >= 11 is 5.06. The molecule has 0 aliphatic rings. The van der Waals surface area contributed by atoms with E-state index in [2.05, 4.69) is 15.8 Å². The highest BCUT2D eigenvalue weighted by molar-refractivity contribution is 7.80. The van der Waals surface area contributed by atoms with E-state index in [1.54, 1.807) is 12.5 Å². The Morgan fingerprint density at radius 3 is 2.78 bits per heavy atom. The van der Waals surface area contributed by atoms with Crippen LogP contribution in [0.4, 0.5) is 0 Å². The summed E-state index contributed by atoms with van der Waals surface area (Å²) in [5.41, 5.74) is 3.75. The molecule has 0 saturated carbocycles. The zero-order chi connectivity index (χ0) is 12.6. The maximum atomic E-state index is 5.17. The highest BCUT2D eigenvalue weighted by Crippen LogP contribution is 1.98. The van der Waals surface area contributed by atoms with Crippen LogP contribution in [-0.2, 0) is 6.54 Å². The number of hydrazone groups is 1. The normalized spacial score (nSPS) is 10.4. The highest BCUT2D eigenvalue weighted by atomic mass is 32.1. The van der Waals surface area contributed by atoms with Gasteiger partial charge in [-0.2, -0.15) is 5.10 Å². The van der Waals surface area contributed by atoms with Gasteiger partial charge in [-0.05, 0) is 29.9 Å². The van der Waals surface area contributed by atoms with Crippen LogP contribution in [0.2, 0.25) is 0 Å². The fraction of sp³-hybridized carbons (Fsp3) is 0.0769. The van der Waals surface area contributed by atoms with Crippen LogP contribution in [0.1, 0.15) is 11.3 Å². The largest absolute Gasteiger partial charge is 0.467 e. The summed E-state index contributed by atoms with van der Waals surface area (Å²) in [6.45, 7) is 0.541. The Bertz CT molecular complexity index is 508. The first-order chi connectivity index (χ1) is 8.84. The third-order valence-electron chi connectivity index (χ3n) is 2.18. The maximum Gasteiger partial charge on any atom is 0.187 e. The van der Waals surface area contributed by atoms with Crippen molar-refractivity contribution in [2.24, 2.45) is 5.10 Å². The number of thiocarbonyl (C=S) groups is 1. The predicted octanol–water partition coefficient (Wildman–Crippen LogP) is 2.28. The van der Waals surface area contributed by atoms with Gasteiger partial charge in [-0.3, -0.25) is 5.43 Å². The van der Waals surface area contributed by atoms with Crippen LogP contribution in [0.5, 0.6) is 0 Å². The summed E-state index contributed by atoms with van der Waals surface area (Å²) in [5.74, 6) is 0.825. The second-order valence-electron chi connectivity index (χ2n) is 3.54. The molecule has 1 aromatic heterocycles. The van der Waals surface area contributed by atoms with Gasteiger partial charge in [0, 0.05) is 0 Å². The summed E-state index contributed by atoms with van der Waals surface area (Å²) in [4.78, 5) is 0. The van der Waals surface area contributed by atoms with Crippen molar-refractivity contribution in [1.82, 2.24) is 10.7 Å². The molecule has 5 heteroatoms. The quantitative estimate of drug-likeness (QED) is 0.502. The minimum Gasteiger partial charge on any atom is -0.467 e. The van der Waals surface area contributed by atoms with E-state index in [9.17, 15) is 0 Å². The maximum absolute atomic E-state index is 5.17. The van der Waals surface area contributed by atoms with Crippen LogP contribution in [0, 0.1) is 0 Å². The van der Waals surface area contributed by atoms with Crippen molar-refractivity contribution in [2.45, 2.75) is 6.54 Å². The summed E-state index contributed by atoms with van der Waals surface area (Å²) in [5, 5.41) is 7.47. The zero-order valence-corrected chi connectivity index (χ0v) is 10.5. The number of hydrogen-bond donors (Lipinski definition) is 2. The Kier molecular flexibility index (Phi) is 4.49. The molecular formula is C13H13N3OS. The van der Waals surface area contributed by atoms with Crippen LogP contribution in [0.3, 0.4) is 0 Å². The van der Waals surface area contributed by atoms with Crippen molar-refractivity contribution in [3.8, 4) is 0 Å². The molecule has 2 rings (SSSR count). The molecule has 92 valence electrons. The molecule has 0 aliphatic heterocycles. The highest BCUT2D eigenvalue weighted by Gasteiger charge is 1.96. The number of nitrogens with zero attached hydrogens (tertiary/aromatic N) is 1. The first kappa shape index (κ1) is 12.3. The van der Waals surface area contributed by atoms with E-state index in [-0.39, 0.29) is 0 Å². The second kappa shape index (κ2) is 6.56. The van der Waals surface area contributed by atoms with E-state index in [1.807, 2.05) is 42.5 Å². The summed E-state index contributed by atoms with van der Waals surface area (Å²) in [6.07, 6.45) is 3.34. The molecule has 0 fully saturated rings. The third-order valence-corrected chi connectivity index (χ3v) is 2.42. The van der Waals surface area contributed by atoms with E-state index in [0.717, 1.165) is 11.3 Å². The predicted molar refractivity (Wildman–Crippen MR) is 75.3 cm³/mol. The molecule has 2 aromatic rings. The SMILES string of the molecule is S=C(NCc1ccco1)N/N=C/c1ccccc1. The molecular weight excluding hydrogens is 246 g/mol. The van der Waals surface area contributed by atoms with E-state index in [4.69, 9.17) is 16.6 Å². The van der Waals surface area contributed by atoms with Crippen molar-refractivity contribution in [3.63, 3.8) is 0 Å². The fourth-order valence-corrected chi connectivity index (χ4v) is 1.45. The fourth-order valence-electron chi connectivity index (χ4n) is 1.32. The minimum atomic E-state index is 0.457. The number of furan rings is 1. The first-order valence-electron chi connectivity index (χ1n) is 5.49. The first-order valence-corrected chi connectivity index (χ1v) is 5.90. The van der Waals surface area contributed by atoms with Crippen molar-refractivity contribution in [2.75, 3.05) is 0 Å². The molecule has 0 spiro atoms. The van der Waals surface area contributed by atoms with Gasteiger partial charge in [-0.1, -0.05) is 30.3 Å². The van der Waals surface area contributed by atoms with Crippen molar-refractivity contribution >= 4 is 23.5 Å². The lowest BCUT2D eigenvalue weighted by atomic mass is 10.2. The van der Waals surface area contributed by atoms with Crippen LogP contribution in [0.15, 0.2) is 58.2 Å².